The van der Waals surface area contributed by atoms with Gasteiger partial charge in [-0.25, -0.2) is 9.97 Å². The van der Waals surface area contributed by atoms with Crippen molar-refractivity contribution in [1.82, 2.24) is 20.2 Å². The molecule has 0 unspecified atom stereocenters. The summed E-state index contributed by atoms with van der Waals surface area (Å²) in [6.45, 7) is 6.10. The third-order valence-electron chi connectivity index (χ3n) is 3.86. The van der Waals surface area contributed by atoms with Gasteiger partial charge in [-0.2, -0.15) is 0 Å². The van der Waals surface area contributed by atoms with Gasteiger partial charge in [0.2, 0.25) is 0 Å². The molecule has 0 saturated heterocycles. The number of anilines is 1. The van der Waals surface area contributed by atoms with Crippen molar-refractivity contribution < 1.29 is 4.79 Å². The lowest BCUT2D eigenvalue weighted by atomic mass is 10.1. The molecule has 2 aromatic rings. The molecule has 1 aromatic carbocycles. The Labute approximate surface area is 149 Å². The molecule has 6 nitrogen and oxygen atoms in total. The average Bonchev–Trinajstić information content (AvgIpc) is 2.57. The summed E-state index contributed by atoms with van der Waals surface area (Å²) in [7, 11) is 4.03. The van der Waals surface area contributed by atoms with Crippen molar-refractivity contribution in [2.75, 3.05) is 32.5 Å². The maximum absolute atomic E-state index is 12.3. The molecule has 0 saturated carbocycles. The first-order chi connectivity index (χ1) is 12.0. The number of benzene rings is 1. The third-order valence-corrected chi connectivity index (χ3v) is 3.86. The number of hydrogen-bond donors (Lipinski definition) is 2. The van der Waals surface area contributed by atoms with E-state index in [1.54, 1.807) is 13.0 Å². The number of aromatic nitrogens is 2. The summed E-state index contributed by atoms with van der Waals surface area (Å²) in [5, 5.41) is 6.19. The van der Waals surface area contributed by atoms with E-state index >= 15 is 0 Å². The van der Waals surface area contributed by atoms with Crippen molar-refractivity contribution in [3.05, 3.63) is 53.0 Å². The van der Waals surface area contributed by atoms with E-state index in [0.29, 0.717) is 30.4 Å². The quantitative estimate of drug-likeness (QED) is 0.722. The van der Waals surface area contributed by atoms with Crippen molar-refractivity contribution in [3.63, 3.8) is 0 Å². The van der Waals surface area contributed by atoms with Crippen LogP contribution in [0.4, 0.5) is 5.82 Å². The number of amides is 1. The topological polar surface area (TPSA) is 70.2 Å². The molecular weight excluding hydrogens is 314 g/mol. The summed E-state index contributed by atoms with van der Waals surface area (Å²) in [6, 6.07) is 9.89. The Balaban J connectivity index is 1.97. The fourth-order valence-corrected chi connectivity index (χ4v) is 2.46. The van der Waals surface area contributed by atoms with Crippen LogP contribution in [0, 0.1) is 13.8 Å². The Morgan fingerprint density at radius 2 is 1.92 bits per heavy atom. The predicted octanol–water partition coefficient (Wildman–Crippen LogP) is 2.39. The lowest BCUT2D eigenvalue weighted by molar-refractivity contribution is 0.0947. The van der Waals surface area contributed by atoms with Crippen LogP contribution >= 0.6 is 0 Å². The Morgan fingerprint density at radius 1 is 1.16 bits per heavy atom. The van der Waals surface area contributed by atoms with Gasteiger partial charge in [-0.05, 0) is 52.0 Å². The highest BCUT2D eigenvalue weighted by molar-refractivity contribution is 5.92. The van der Waals surface area contributed by atoms with E-state index in [0.717, 1.165) is 13.0 Å². The maximum Gasteiger partial charge on any atom is 0.270 e. The third kappa shape index (κ3) is 6.15. The highest BCUT2D eigenvalue weighted by Crippen LogP contribution is 2.12. The first kappa shape index (κ1) is 18.9. The minimum absolute atomic E-state index is 0.164. The molecule has 0 atom stereocenters. The second-order valence-electron chi connectivity index (χ2n) is 6.38. The van der Waals surface area contributed by atoms with Crippen LogP contribution in [0.5, 0.6) is 0 Å². The first-order valence-corrected chi connectivity index (χ1v) is 8.52. The van der Waals surface area contributed by atoms with Crippen LogP contribution in [0.15, 0.2) is 30.3 Å². The molecular formula is C19H27N5O. The minimum Gasteiger partial charge on any atom is -0.366 e. The highest BCUT2D eigenvalue weighted by atomic mass is 16.1. The second-order valence-corrected chi connectivity index (χ2v) is 6.38. The zero-order valence-electron chi connectivity index (χ0n) is 15.5. The number of carbonyl (C=O) groups is 1. The van der Waals surface area contributed by atoms with Gasteiger partial charge in [0.15, 0.2) is 0 Å². The summed E-state index contributed by atoms with van der Waals surface area (Å²) < 4.78 is 0. The lowest BCUT2D eigenvalue weighted by Crippen LogP contribution is -2.28. The van der Waals surface area contributed by atoms with Gasteiger partial charge in [-0.1, -0.05) is 24.3 Å². The van der Waals surface area contributed by atoms with Crippen LogP contribution in [-0.2, 0) is 6.54 Å². The van der Waals surface area contributed by atoms with Crippen molar-refractivity contribution in [2.45, 2.75) is 26.8 Å². The molecule has 0 aliphatic carbocycles. The number of nitrogens with one attached hydrogen (secondary N) is 2. The van der Waals surface area contributed by atoms with Crippen molar-refractivity contribution in [1.29, 1.82) is 0 Å². The van der Waals surface area contributed by atoms with E-state index in [1.165, 1.54) is 11.1 Å². The fourth-order valence-electron chi connectivity index (χ4n) is 2.46. The maximum atomic E-state index is 12.3. The van der Waals surface area contributed by atoms with Gasteiger partial charge in [-0.15, -0.1) is 0 Å². The van der Waals surface area contributed by atoms with Gasteiger partial charge in [0.25, 0.3) is 5.91 Å². The fraction of sp³-hybridized carbons (Fsp3) is 0.421. The van der Waals surface area contributed by atoms with Gasteiger partial charge in [0.1, 0.15) is 17.3 Å². The number of nitrogens with zero attached hydrogens (tertiary/aromatic N) is 3. The Bertz CT molecular complexity index is 715. The molecule has 0 aliphatic heterocycles. The van der Waals surface area contributed by atoms with Crippen LogP contribution in [0.1, 0.15) is 33.9 Å². The molecule has 25 heavy (non-hydrogen) atoms. The number of aryl methyl sites for hydroxylation is 2. The van der Waals surface area contributed by atoms with Crippen molar-refractivity contribution >= 4 is 11.7 Å². The molecule has 0 bridgehead atoms. The van der Waals surface area contributed by atoms with Gasteiger partial charge < -0.3 is 15.5 Å². The van der Waals surface area contributed by atoms with Gasteiger partial charge in [-0.3, -0.25) is 4.79 Å². The smallest absolute Gasteiger partial charge is 0.270 e. The molecule has 2 N–H and O–H groups in total. The van der Waals surface area contributed by atoms with E-state index in [-0.39, 0.29) is 5.91 Å². The molecule has 2 rings (SSSR count). The van der Waals surface area contributed by atoms with E-state index < -0.39 is 0 Å². The zero-order chi connectivity index (χ0) is 18.2. The van der Waals surface area contributed by atoms with Crippen LogP contribution < -0.4 is 10.6 Å². The van der Waals surface area contributed by atoms with Crippen LogP contribution in [0.3, 0.4) is 0 Å². The monoisotopic (exact) mass is 341 g/mol. The summed E-state index contributed by atoms with van der Waals surface area (Å²) in [5.41, 5.74) is 2.82. The second kappa shape index (κ2) is 9.13. The average molecular weight is 341 g/mol. The summed E-state index contributed by atoms with van der Waals surface area (Å²) >= 11 is 0. The number of carbonyl (C=O) groups excluding carboxylic acids is 1. The molecule has 134 valence electrons. The largest absolute Gasteiger partial charge is 0.366 e. The molecule has 0 radical (unpaired) electrons. The molecule has 0 fully saturated rings. The minimum atomic E-state index is -0.164. The van der Waals surface area contributed by atoms with Crippen molar-refractivity contribution in [3.8, 4) is 0 Å². The molecule has 1 amide bonds. The highest BCUT2D eigenvalue weighted by Gasteiger charge is 2.10. The van der Waals surface area contributed by atoms with E-state index in [9.17, 15) is 4.79 Å². The van der Waals surface area contributed by atoms with Crippen LogP contribution in [0.25, 0.3) is 0 Å². The van der Waals surface area contributed by atoms with Crippen molar-refractivity contribution in [2.24, 2.45) is 0 Å². The van der Waals surface area contributed by atoms with Crippen LogP contribution in [0.2, 0.25) is 0 Å². The SMILES string of the molecule is Cc1nc(NCc2ccccc2C)cc(C(=O)NCCCN(C)C)n1. The van der Waals surface area contributed by atoms with E-state index in [2.05, 4.69) is 44.6 Å². The summed E-state index contributed by atoms with van der Waals surface area (Å²) in [4.78, 5) is 23.0. The lowest BCUT2D eigenvalue weighted by Gasteiger charge is -2.11. The first-order valence-electron chi connectivity index (χ1n) is 8.52. The standard InChI is InChI=1S/C19H27N5O/c1-14-8-5-6-9-16(14)13-21-18-12-17(22-15(2)23-18)19(25)20-10-7-11-24(3)4/h5-6,8-9,12H,7,10-11,13H2,1-4H3,(H,20,25)(H,21,22,23). The Hall–Kier alpha value is -2.47. The molecule has 1 aromatic heterocycles. The molecule has 0 aliphatic rings. The molecule has 0 spiro atoms. The van der Waals surface area contributed by atoms with E-state index in [1.807, 2.05) is 26.2 Å². The van der Waals surface area contributed by atoms with Crippen LogP contribution in [-0.4, -0.2) is 48.0 Å². The van der Waals surface area contributed by atoms with Gasteiger partial charge in [0, 0.05) is 19.2 Å². The number of hydrogen-bond acceptors (Lipinski definition) is 5. The Morgan fingerprint density at radius 3 is 2.64 bits per heavy atom. The number of rotatable bonds is 8. The molecule has 6 heteroatoms. The zero-order valence-corrected chi connectivity index (χ0v) is 15.5. The Kier molecular flexibility index (Phi) is 6.89. The normalized spacial score (nSPS) is 10.8. The summed E-state index contributed by atoms with van der Waals surface area (Å²) in [5.74, 6) is 1.07. The summed E-state index contributed by atoms with van der Waals surface area (Å²) in [6.07, 6.45) is 0.904. The molecule has 1 heterocycles. The van der Waals surface area contributed by atoms with E-state index in [4.69, 9.17) is 0 Å². The van der Waals surface area contributed by atoms with Gasteiger partial charge >= 0.3 is 0 Å². The predicted molar refractivity (Wildman–Crippen MR) is 101 cm³/mol. The van der Waals surface area contributed by atoms with Gasteiger partial charge in [0.05, 0.1) is 0 Å².